The number of nitrogens with zero attached hydrogens (tertiary/aromatic N) is 2. The van der Waals surface area contributed by atoms with E-state index in [1.807, 2.05) is 11.3 Å². The van der Waals surface area contributed by atoms with Crippen molar-refractivity contribution in [2.75, 3.05) is 6.54 Å². The molecule has 1 heterocycles. The zero-order valence-corrected chi connectivity index (χ0v) is 11.7. The van der Waals surface area contributed by atoms with Gasteiger partial charge in [0.25, 0.3) is 0 Å². The lowest BCUT2D eigenvalue weighted by Gasteiger charge is -2.18. The van der Waals surface area contributed by atoms with Crippen LogP contribution in [-0.4, -0.2) is 16.7 Å². The minimum absolute atomic E-state index is 0.352. The molecule has 1 aromatic heterocycles. The van der Waals surface area contributed by atoms with Crippen LogP contribution >= 0.6 is 11.3 Å². The Bertz CT molecular complexity index is 331. The second-order valence-corrected chi connectivity index (χ2v) is 6.03. The second kappa shape index (κ2) is 6.45. The lowest BCUT2D eigenvalue weighted by molar-refractivity contribution is 0.440. The average Bonchev–Trinajstić information content (AvgIpc) is 2.86. The van der Waals surface area contributed by atoms with Gasteiger partial charge in [0.1, 0.15) is 10.0 Å². The first-order valence-corrected chi connectivity index (χ1v) is 7.69. The third-order valence-corrected chi connectivity index (χ3v) is 4.75. The average molecular weight is 253 g/mol. The third kappa shape index (κ3) is 3.49. The molecule has 0 bridgehead atoms. The predicted octanol–water partition coefficient (Wildman–Crippen LogP) is 3.65. The lowest BCUT2D eigenvalue weighted by Crippen LogP contribution is -2.19. The van der Waals surface area contributed by atoms with Gasteiger partial charge in [0.05, 0.1) is 6.04 Å². The normalized spacial score (nSPS) is 19.4. The van der Waals surface area contributed by atoms with Gasteiger partial charge in [-0.3, -0.25) is 0 Å². The highest BCUT2D eigenvalue weighted by molar-refractivity contribution is 7.11. The van der Waals surface area contributed by atoms with Gasteiger partial charge in [-0.2, -0.15) is 0 Å². The first-order valence-electron chi connectivity index (χ1n) is 6.88. The topological polar surface area (TPSA) is 37.8 Å². The van der Waals surface area contributed by atoms with Crippen LogP contribution < -0.4 is 5.32 Å². The highest BCUT2D eigenvalue weighted by Gasteiger charge is 2.20. The van der Waals surface area contributed by atoms with Crippen LogP contribution in [0.2, 0.25) is 0 Å². The SMILES string of the molecule is CCCNC(C)c1nnc(C2CCCCC2)s1. The van der Waals surface area contributed by atoms with Crippen LogP contribution in [0, 0.1) is 0 Å². The van der Waals surface area contributed by atoms with Gasteiger partial charge in [-0.1, -0.05) is 37.5 Å². The van der Waals surface area contributed by atoms with Crippen LogP contribution in [0.15, 0.2) is 0 Å². The van der Waals surface area contributed by atoms with Gasteiger partial charge < -0.3 is 5.32 Å². The van der Waals surface area contributed by atoms with Crippen molar-refractivity contribution < 1.29 is 0 Å². The summed E-state index contributed by atoms with van der Waals surface area (Å²) in [5.41, 5.74) is 0. The predicted molar refractivity (Wildman–Crippen MR) is 72.4 cm³/mol. The summed E-state index contributed by atoms with van der Waals surface area (Å²) in [5, 5.41) is 14.6. The maximum Gasteiger partial charge on any atom is 0.134 e. The Kier molecular flexibility index (Phi) is 4.92. The molecule has 96 valence electrons. The molecule has 0 spiro atoms. The van der Waals surface area contributed by atoms with Crippen molar-refractivity contribution >= 4 is 11.3 Å². The van der Waals surface area contributed by atoms with E-state index in [0.717, 1.165) is 11.6 Å². The zero-order chi connectivity index (χ0) is 12.1. The summed E-state index contributed by atoms with van der Waals surface area (Å²) < 4.78 is 0. The highest BCUT2D eigenvalue weighted by atomic mass is 32.1. The van der Waals surface area contributed by atoms with Crippen molar-refractivity contribution in [2.45, 2.75) is 64.3 Å². The zero-order valence-electron chi connectivity index (χ0n) is 10.9. The summed E-state index contributed by atoms with van der Waals surface area (Å²) in [4.78, 5) is 0. The van der Waals surface area contributed by atoms with Gasteiger partial charge in [-0.15, -0.1) is 10.2 Å². The quantitative estimate of drug-likeness (QED) is 0.870. The molecular weight excluding hydrogens is 230 g/mol. The highest BCUT2D eigenvalue weighted by Crippen LogP contribution is 2.34. The Hall–Kier alpha value is -0.480. The standard InChI is InChI=1S/C13H23N3S/c1-3-9-14-10(2)12-15-16-13(17-12)11-7-5-4-6-8-11/h10-11,14H,3-9H2,1-2H3. The fourth-order valence-corrected chi connectivity index (χ4v) is 3.42. The van der Waals surface area contributed by atoms with Gasteiger partial charge in [-0.05, 0) is 32.7 Å². The van der Waals surface area contributed by atoms with E-state index in [0.29, 0.717) is 12.0 Å². The van der Waals surface area contributed by atoms with Crippen molar-refractivity contribution in [1.82, 2.24) is 15.5 Å². The van der Waals surface area contributed by atoms with E-state index in [2.05, 4.69) is 29.4 Å². The maximum atomic E-state index is 4.40. The molecule has 1 saturated carbocycles. The minimum Gasteiger partial charge on any atom is -0.308 e. The molecule has 0 aromatic carbocycles. The lowest BCUT2D eigenvalue weighted by atomic mass is 9.90. The summed E-state index contributed by atoms with van der Waals surface area (Å²) in [6.45, 7) is 5.42. The van der Waals surface area contributed by atoms with Crippen LogP contribution in [-0.2, 0) is 0 Å². The van der Waals surface area contributed by atoms with Crippen molar-refractivity contribution in [3.63, 3.8) is 0 Å². The van der Waals surface area contributed by atoms with Gasteiger partial charge in [-0.25, -0.2) is 0 Å². The van der Waals surface area contributed by atoms with E-state index >= 15 is 0 Å². The van der Waals surface area contributed by atoms with Gasteiger partial charge in [0.2, 0.25) is 0 Å². The molecular formula is C13H23N3S. The molecule has 0 saturated heterocycles. The second-order valence-electron chi connectivity index (χ2n) is 4.99. The molecule has 1 atom stereocenters. The summed E-state index contributed by atoms with van der Waals surface area (Å²) in [6.07, 6.45) is 7.92. The molecule has 2 rings (SSSR count). The molecule has 1 aliphatic carbocycles. The smallest absolute Gasteiger partial charge is 0.134 e. The van der Waals surface area contributed by atoms with E-state index in [-0.39, 0.29) is 0 Å². The molecule has 3 nitrogen and oxygen atoms in total. The van der Waals surface area contributed by atoms with E-state index in [9.17, 15) is 0 Å². The van der Waals surface area contributed by atoms with Crippen LogP contribution in [0.5, 0.6) is 0 Å². The number of nitrogens with one attached hydrogen (secondary N) is 1. The molecule has 1 aliphatic rings. The van der Waals surface area contributed by atoms with E-state index < -0.39 is 0 Å². The van der Waals surface area contributed by atoms with Gasteiger partial charge >= 0.3 is 0 Å². The van der Waals surface area contributed by atoms with Gasteiger partial charge in [0, 0.05) is 5.92 Å². The Morgan fingerprint density at radius 2 is 2.06 bits per heavy atom. The Labute approximate surface area is 108 Å². The van der Waals surface area contributed by atoms with E-state index in [1.54, 1.807) is 0 Å². The molecule has 0 radical (unpaired) electrons. The maximum absolute atomic E-state index is 4.40. The van der Waals surface area contributed by atoms with Crippen molar-refractivity contribution in [1.29, 1.82) is 0 Å². The van der Waals surface area contributed by atoms with Crippen LogP contribution in [0.3, 0.4) is 0 Å². The molecule has 0 aliphatic heterocycles. The molecule has 4 heteroatoms. The fraction of sp³-hybridized carbons (Fsp3) is 0.846. The summed E-state index contributed by atoms with van der Waals surface area (Å²) in [5.74, 6) is 0.688. The first-order chi connectivity index (χ1) is 8.31. The van der Waals surface area contributed by atoms with Crippen LogP contribution in [0.25, 0.3) is 0 Å². The Morgan fingerprint density at radius 1 is 1.29 bits per heavy atom. The Morgan fingerprint density at radius 3 is 2.76 bits per heavy atom. The Balaban J connectivity index is 1.94. The first kappa shape index (κ1) is 13.0. The molecule has 17 heavy (non-hydrogen) atoms. The molecule has 1 aromatic rings. The molecule has 1 N–H and O–H groups in total. The van der Waals surface area contributed by atoms with Gasteiger partial charge in [0.15, 0.2) is 0 Å². The molecule has 1 unspecified atom stereocenters. The summed E-state index contributed by atoms with van der Waals surface area (Å²) >= 11 is 1.81. The number of hydrogen-bond donors (Lipinski definition) is 1. The van der Waals surface area contributed by atoms with Crippen LogP contribution in [0.4, 0.5) is 0 Å². The largest absolute Gasteiger partial charge is 0.308 e. The minimum atomic E-state index is 0.352. The van der Waals surface area contributed by atoms with Crippen LogP contribution in [0.1, 0.15) is 74.3 Å². The monoisotopic (exact) mass is 253 g/mol. The van der Waals surface area contributed by atoms with Crippen molar-refractivity contribution in [3.05, 3.63) is 10.0 Å². The summed E-state index contributed by atoms with van der Waals surface area (Å²) in [6, 6.07) is 0.352. The fourth-order valence-electron chi connectivity index (χ4n) is 2.38. The number of hydrogen-bond acceptors (Lipinski definition) is 4. The van der Waals surface area contributed by atoms with Crippen molar-refractivity contribution in [2.24, 2.45) is 0 Å². The third-order valence-electron chi connectivity index (χ3n) is 3.48. The molecule has 0 amide bonds. The van der Waals surface area contributed by atoms with E-state index in [4.69, 9.17) is 0 Å². The summed E-state index contributed by atoms with van der Waals surface area (Å²) in [7, 11) is 0. The van der Waals surface area contributed by atoms with E-state index in [1.165, 1.54) is 43.5 Å². The number of aromatic nitrogens is 2. The molecule has 1 fully saturated rings. The number of rotatable bonds is 5. The van der Waals surface area contributed by atoms with Crippen molar-refractivity contribution in [3.8, 4) is 0 Å².